The lowest BCUT2D eigenvalue weighted by Gasteiger charge is -2.01. The van der Waals surface area contributed by atoms with Crippen molar-refractivity contribution in [2.75, 3.05) is 5.32 Å². The second-order valence-corrected chi connectivity index (χ2v) is 3.84. The van der Waals surface area contributed by atoms with Crippen molar-refractivity contribution in [1.82, 2.24) is 9.97 Å². The third-order valence-corrected chi connectivity index (χ3v) is 2.65. The zero-order chi connectivity index (χ0) is 10.5. The molecular formula is C10H8N4S. The molecule has 0 saturated heterocycles. The first-order valence-corrected chi connectivity index (χ1v) is 5.26. The molecule has 0 spiro atoms. The van der Waals surface area contributed by atoms with Gasteiger partial charge in [-0.05, 0) is 17.5 Å². The minimum absolute atomic E-state index is 0.374. The Morgan fingerprint density at radius 1 is 1.47 bits per heavy atom. The van der Waals surface area contributed by atoms with E-state index in [-0.39, 0.29) is 0 Å². The second kappa shape index (κ2) is 4.53. The average Bonchev–Trinajstić information content (AvgIpc) is 2.79. The van der Waals surface area contributed by atoms with E-state index in [1.165, 1.54) is 4.88 Å². The number of hydrogen-bond donors (Lipinski definition) is 1. The van der Waals surface area contributed by atoms with E-state index in [1.54, 1.807) is 23.6 Å². The molecule has 2 aromatic rings. The van der Waals surface area contributed by atoms with Gasteiger partial charge < -0.3 is 5.32 Å². The van der Waals surface area contributed by atoms with Crippen LogP contribution < -0.4 is 5.32 Å². The molecule has 0 bridgehead atoms. The van der Waals surface area contributed by atoms with Crippen LogP contribution in [0.15, 0.2) is 29.8 Å². The van der Waals surface area contributed by atoms with Crippen LogP contribution in [0.1, 0.15) is 10.6 Å². The molecule has 0 fully saturated rings. The van der Waals surface area contributed by atoms with Crippen LogP contribution in [-0.2, 0) is 6.54 Å². The van der Waals surface area contributed by atoms with Gasteiger partial charge in [0.1, 0.15) is 11.8 Å². The Bertz CT molecular complexity index is 472. The Morgan fingerprint density at radius 3 is 3.13 bits per heavy atom. The van der Waals surface area contributed by atoms with Crippen LogP contribution in [-0.4, -0.2) is 9.97 Å². The number of hydrogen-bond acceptors (Lipinski definition) is 5. The van der Waals surface area contributed by atoms with E-state index in [9.17, 15) is 0 Å². The molecule has 2 aromatic heterocycles. The van der Waals surface area contributed by atoms with E-state index in [2.05, 4.69) is 15.3 Å². The number of anilines is 1. The highest BCUT2D eigenvalue weighted by Crippen LogP contribution is 2.10. The maximum absolute atomic E-state index is 8.65. The molecule has 15 heavy (non-hydrogen) atoms. The average molecular weight is 216 g/mol. The lowest BCUT2D eigenvalue weighted by Crippen LogP contribution is -2.02. The van der Waals surface area contributed by atoms with Crippen LogP contribution in [0.25, 0.3) is 0 Å². The van der Waals surface area contributed by atoms with E-state index in [4.69, 9.17) is 5.26 Å². The first-order valence-electron chi connectivity index (χ1n) is 4.38. The second-order valence-electron chi connectivity index (χ2n) is 2.81. The molecule has 4 nitrogen and oxygen atoms in total. The van der Waals surface area contributed by atoms with Crippen LogP contribution in [0.5, 0.6) is 0 Å². The predicted octanol–water partition coefficient (Wildman–Crippen LogP) is 2.02. The van der Waals surface area contributed by atoms with E-state index in [0.29, 0.717) is 18.2 Å². The zero-order valence-electron chi connectivity index (χ0n) is 7.84. The third-order valence-electron chi connectivity index (χ3n) is 1.77. The van der Waals surface area contributed by atoms with Gasteiger partial charge >= 0.3 is 0 Å². The number of rotatable bonds is 3. The van der Waals surface area contributed by atoms with Gasteiger partial charge in [0, 0.05) is 11.1 Å². The SMILES string of the molecule is N#Cc1ccnc(NCc2cccs2)n1. The van der Waals surface area contributed by atoms with Gasteiger partial charge in [-0.1, -0.05) is 6.07 Å². The Balaban J connectivity index is 2.02. The monoisotopic (exact) mass is 216 g/mol. The lowest BCUT2D eigenvalue weighted by atomic mass is 10.4. The molecule has 0 amide bonds. The van der Waals surface area contributed by atoms with Crippen molar-refractivity contribution in [2.45, 2.75) is 6.54 Å². The summed E-state index contributed by atoms with van der Waals surface area (Å²) in [6.07, 6.45) is 1.57. The van der Waals surface area contributed by atoms with Gasteiger partial charge in [0.2, 0.25) is 5.95 Å². The van der Waals surface area contributed by atoms with Gasteiger partial charge in [-0.2, -0.15) is 5.26 Å². The number of thiophene rings is 1. The summed E-state index contributed by atoms with van der Waals surface area (Å²) in [5.74, 6) is 0.488. The summed E-state index contributed by atoms with van der Waals surface area (Å²) in [6, 6.07) is 7.58. The molecule has 0 radical (unpaired) electrons. The highest BCUT2D eigenvalue weighted by atomic mass is 32.1. The minimum atomic E-state index is 0.374. The van der Waals surface area contributed by atoms with Crippen LogP contribution in [0.2, 0.25) is 0 Å². The maximum Gasteiger partial charge on any atom is 0.224 e. The summed E-state index contributed by atoms with van der Waals surface area (Å²) in [6.45, 7) is 0.687. The quantitative estimate of drug-likeness (QED) is 0.852. The Morgan fingerprint density at radius 2 is 2.40 bits per heavy atom. The highest BCUT2D eigenvalue weighted by Gasteiger charge is 1.98. The number of aromatic nitrogens is 2. The van der Waals surface area contributed by atoms with Crippen LogP contribution in [0.4, 0.5) is 5.95 Å². The Hall–Kier alpha value is -1.93. The number of nitrogens with zero attached hydrogens (tertiary/aromatic N) is 3. The van der Waals surface area contributed by atoms with Gasteiger partial charge in [0.15, 0.2) is 0 Å². The summed E-state index contributed by atoms with van der Waals surface area (Å²) >= 11 is 1.67. The molecule has 0 aromatic carbocycles. The number of nitrogens with one attached hydrogen (secondary N) is 1. The molecule has 0 aliphatic rings. The Kier molecular flexibility index (Phi) is 2.90. The zero-order valence-corrected chi connectivity index (χ0v) is 8.66. The smallest absolute Gasteiger partial charge is 0.224 e. The molecule has 0 saturated carbocycles. The van der Waals surface area contributed by atoms with Crippen LogP contribution in [0.3, 0.4) is 0 Å². The molecule has 0 aliphatic carbocycles. The van der Waals surface area contributed by atoms with Crippen LogP contribution >= 0.6 is 11.3 Å². The third kappa shape index (κ3) is 2.51. The molecule has 0 unspecified atom stereocenters. The van der Waals surface area contributed by atoms with Gasteiger partial charge in [0.25, 0.3) is 0 Å². The summed E-state index contributed by atoms with van der Waals surface area (Å²) in [5.41, 5.74) is 0.374. The van der Waals surface area contributed by atoms with Crippen molar-refractivity contribution in [1.29, 1.82) is 5.26 Å². The fourth-order valence-electron chi connectivity index (χ4n) is 1.09. The maximum atomic E-state index is 8.65. The van der Waals surface area contributed by atoms with Gasteiger partial charge in [-0.3, -0.25) is 0 Å². The van der Waals surface area contributed by atoms with E-state index in [1.807, 2.05) is 23.6 Å². The molecule has 0 atom stereocenters. The highest BCUT2D eigenvalue weighted by molar-refractivity contribution is 7.09. The molecule has 1 N–H and O–H groups in total. The summed E-state index contributed by atoms with van der Waals surface area (Å²) in [7, 11) is 0. The first-order chi connectivity index (χ1) is 7.38. The van der Waals surface area contributed by atoms with Gasteiger partial charge in [-0.25, -0.2) is 9.97 Å². The topological polar surface area (TPSA) is 61.6 Å². The number of nitriles is 1. The standard InChI is InChI=1S/C10H8N4S/c11-6-8-3-4-12-10(14-8)13-7-9-2-1-5-15-9/h1-5H,7H2,(H,12,13,14). The van der Waals surface area contributed by atoms with Crippen LogP contribution in [0, 0.1) is 11.3 Å². The molecular weight excluding hydrogens is 208 g/mol. The summed E-state index contributed by atoms with van der Waals surface area (Å²) in [4.78, 5) is 9.24. The molecule has 2 heterocycles. The van der Waals surface area contributed by atoms with Crippen molar-refractivity contribution in [3.8, 4) is 6.07 Å². The molecule has 2 rings (SSSR count). The molecule has 74 valence electrons. The first kappa shape index (κ1) is 9.62. The Labute approximate surface area is 91.2 Å². The van der Waals surface area contributed by atoms with Gasteiger partial charge in [0.05, 0.1) is 6.54 Å². The molecule has 5 heteroatoms. The van der Waals surface area contributed by atoms with Crippen molar-refractivity contribution in [3.05, 3.63) is 40.3 Å². The van der Waals surface area contributed by atoms with Crippen molar-refractivity contribution >= 4 is 17.3 Å². The predicted molar refractivity (Wildman–Crippen MR) is 58.4 cm³/mol. The molecule has 0 aliphatic heterocycles. The fourth-order valence-corrected chi connectivity index (χ4v) is 1.73. The largest absolute Gasteiger partial charge is 0.349 e. The minimum Gasteiger partial charge on any atom is -0.349 e. The summed E-state index contributed by atoms with van der Waals surface area (Å²) < 4.78 is 0. The lowest BCUT2D eigenvalue weighted by molar-refractivity contribution is 1.06. The van der Waals surface area contributed by atoms with E-state index >= 15 is 0 Å². The van der Waals surface area contributed by atoms with Crippen molar-refractivity contribution in [3.63, 3.8) is 0 Å². The summed E-state index contributed by atoms with van der Waals surface area (Å²) in [5, 5.41) is 13.7. The van der Waals surface area contributed by atoms with E-state index in [0.717, 1.165) is 0 Å². The van der Waals surface area contributed by atoms with Crippen molar-refractivity contribution in [2.24, 2.45) is 0 Å². The van der Waals surface area contributed by atoms with Gasteiger partial charge in [-0.15, -0.1) is 11.3 Å². The normalized spacial score (nSPS) is 9.53. The van der Waals surface area contributed by atoms with E-state index < -0.39 is 0 Å². The fraction of sp³-hybridized carbons (Fsp3) is 0.100. The van der Waals surface area contributed by atoms with Crippen molar-refractivity contribution < 1.29 is 0 Å².